The maximum Gasteiger partial charge on any atom is 0.227 e. The van der Waals surface area contributed by atoms with E-state index in [0.717, 1.165) is 69.5 Å². The Labute approximate surface area is 225 Å². The number of hydrogen-bond donors (Lipinski definition) is 0. The zero-order valence-corrected chi connectivity index (χ0v) is 22.7. The van der Waals surface area contributed by atoms with Crippen LogP contribution >= 0.6 is 23.4 Å². The largest absolute Gasteiger partial charge is 0.495 e. The fourth-order valence-electron chi connectivity index (χ4n) is 5.79. The molecule has 2 aliphatic heterocycles. The number of nitrogens with zero attached hydrogens (tertiary/aromatic N) is 4. The molecule has 4 aromatic rings. The van der Waals surface area contributed by atoms with Crippen LogP contribution in [0.3, 0.4) is 0 Å². The van der Waals surface area contributed by atoms with Crippen molar-refractivity contribution in [1.29, 1.82) is 0 Å². The van der Waals surface area contributed by atoms with E-state index in [-0.39, 0.29) is 11.9 Å². The Morgan fingerprint density at radius 1 is 1.11 bits per heavy atom. The molecule has 2 aliphatic rings. The molecule has 2 aromatic carbocycles. The summed E-state index contributed by atoms with van der Waals surface area (Å²) < 4.78 is 13.2. The van der Waals surface area contributed by atoms with Crippen LogP contribution < -0.4 is 9.64 Å². The molecule has 2 aromatic heterocycles. The van der Waals surface area contributed by atoms with E-state index in [9.17, 15) is 4.79 Å². The first kappa shape index (κ1) is 24.4. The zero-order chi connectivity index (χ0) is 25.7. The average molecular weight is 537 g/mol. The van der Waals surface area contributed by atoms with E-state index in [1.54, 1.807) is 7.11 Å². The molecule has 2 fully saturated rings. The van der Waals surface area contributed by atoms with Gasteiger partial charge in [0, 0.05) is 23.7 Å². The molecule has 0 aliphatic carbocycles. The Kier molecular flexibility index (Phi) is 6.41. The maximum absolute atomic E-state index is 13.2. The van der Waals surface area contributed by atoms with Crippen molar-refractivity contribution in [2.75, 3.05) is 23.5 Å². The normalized spacial score (nSPS) is 18.8. The summed E-state index contributed by atoms with van der Waals surface area (Å²) in [5.74, 6) is 4.67. The van der Waals surface area contributed by atoms with E-state index < -0.39 is 0 Å². The van der Waals surface area contributed by atoms with Gasteiger partial charge in [-0.1, -0.05) is 22.8 Å². The highest BCUT2D eigenvalue weighted by Gasteiger charge is 2.38. The molecule has 6 rings (SSSR count). The summed E-state index contributed by atoms with van der Waals surface area (Å²) in [5.41, 5.74) is 5.72. The van der Waals surface area contributed by atoms with E-state index in [0.29, 0.717) is 29.7 Å². The molecule has 1 unspecified atom stereocenters. The number of imidazole rings is 1. The van der Waals surface area contributed by atoms with Crippen LogP contribution in [0.4, 0.5) is 5.69 Å². The molecule has 1 atom stereocenters. The number of hydrogen-bond acceptors (Lipinski definition) is 6. The number of carbonyl (C=O) groups is 1. The number of methoxy groups -OCH3 is 1. The van der Waals surface area contributed by atoms with Gasteiger partial charge in [0.2, 0.25) is 5.91 Å². The Bertz CT molecular complexity index is 1470. The molecule has 0 N–H and O–H groups in total. The van der Waals surface area contributed by atoms with Gasteiger partial charge in [0.25, 0.3) is 0 Å². The first-order chi connectivity index (χ1) is 18.0. The highest BCUT2D eigenvalue weighted by atomic mass is 35.5. The molecule has 37 heavy (non-hydrogen) atoms. The third kappa shape index (κ3) is 4.20. The van der Waals surface area contributed by atoms with Gasteiger partial charge in [-0.2, -0.15) is 11.8 Å². The molecule has 0 spiro atoms. The van der Waals surface area contributed by atoms with Gasteiger partial charge in [-0.3, -0.25) is 4.79 Å². The minimum absolute atomic E-state index is 0.0837. The van der Waals surface area contributed by atoms with Crippen molar-refractivity contribution >= 4 is 46.0 Å². The molecule has 4 heterocycles. The van der Waals surface area contributed by atoms with Gasteiger partial charge < -0.3 is 18.7 Å². The van der Waals surface area contributed by atoms with Gasteiger partial charge in [0.05, 0.1) is 34.9 Å². The lowest BCUT2D eigenvalue weighted by Crippen LogP contribution is -2.30. The second kappa shape index (κ2) is 9.72. The summed E-state index contributed by atoms with van der Waals surface area (Å²) in [5, 5.41) is 4.62. The third-order valence-corrected chi connectivity index (χ3v) is 8.86. The number of rotatable bonds is 5. The number of fused-ring (bicyclic) bond motifs is 1. The second-order valence-electron chi connectivity index (χ2n) is 9.72. The topological polar surface area (TPSA) is 73.4 Å². The third-order valence-electron chi connectivity index (χ3n) is 7.52. The van der Waals surface area contributed by atoms with Crippen LogP contribution in [0.5, 0.6) is 5.75 Å². The number of halogens is 1. The zero-order valence-electron chi connectivity index (χ0n) is 21.2. The number of aryl methyl sites for hydroxylation is 2. The van der Waals surface area contributed by atoms with Gasteiger partial charge in [-0.05, 0) is 80.5 Å². The first-order valence-electron chi connectivity index (χ1n) is 12.6. The summed E-state index contributed by atoms with van der Waals surface area (Å²) in [6.45, 7) is 3.90. The highest BCUT2D eigenvalue weighted by molar-refractivity contribution is 7.99. The molecule has 0 radical (unpaired) electrons. The van der Waals surface area contributed by atoms with E-state index in [2.05, 4.69) is 27.9 Å². The minimum atomic E-state index is -0.165. The predicted octanol–water partition coefficient (Wildman–Crippen LogP) is 6.91. The van der Waals surface area contributed by atoms with Crippen molar-refractivity contribution in [1.82, 2.24) is 14.7 Å². The summed E-state index contributed by atoms with van der Waals surface area (Å²) in [6, 6.07) is 12.2. The molecule has 7 nitrogen and oxygen atoms in total. The molecule has 0 bridgehead atoms. The number of aromatic nitrogens is 3. The summed E-state index contributed by atoms with van der Waals surface area (Å²) in [4.78, 5) is 20.3. The summed E-state index contributed by atoms with van der Waals surface area (Å²) >= 11 is 8.46. The molecule has 192 valence electrons. The van der Waals surface area contributed by atoms with Crippen molar-refractivity contribution in [2.45, 2.75) is 51.6 Å². The SMILES string of the molecule is COc1ccc(N2C(=O)CCC2c2nc3cc(-c4c(C)noc4C)ccc3n2C2CCSCC2)cc1Cl. The lowest BCUT2D eigenvalue weighted by atomic mass is 10.0. The monoisotopic (exact) mass is 536 g/mol. The standard InChI is InChI=1S/C28H29ClN4O3S/c1-16-27(17(2)36-31-16)18-4-6-23-22(14-18)30-28(33(23)19-10-12-37-13-11-19)24-7-9-26(34)32(24)20-5-8-25(35-3)21(29)15-20/h4-6,8,14-15,19,24H,7,9-13H2,1-3H3. The molecule has 0 saturated carbocycles. The number of thioether (sulfide) groups is 1. The lowest BCUT2D eigenvalue weighted by molar-refractivity contribution is -0.117. The number of benzene rings is 2. The van der Waals surface area contributed by atoms with Crippen molar-refractivity contribution in [3.05, 3.63) is 58.7 Å². The quantitative estimate of drug-likeness (QED) is 0.276. The Balaban J connectivity index is 1.49. The van der Waals surface area contributed by atoms with Gasteiger partial charge in [0.15, 0.2) is 0 Å². The van der Waals surface area contributed by atoms with Gasteiger partial charge in [0.1, 0.15) is 17.3 Å². The van der Waals surface area contributed by atoms with Crippen LogP contribution in [0.2, 0.25) is 5.02 Å². The van der Waals surface area contributed by atoms with Crippen molar-refractivity contribution in [3.8, 4) is 16.9 Å². The fourth-order valence-corrected chi connectivity index (χ4v) is 7.12. The lowest BCUT2D eigenvalue weighted by Gasteiger charge is -2.30. The Hall–Kier alpha value is -2.97. The highest BCUT2D eigenvalue weighted by Crippen LogP contribution is 2.43. The average Bonchev–Trinajstić information content (AvgIpc) is 3.58. The molecular formula is C28H29ClN4O3S. The van der Waals surface area contributed by atoms with E-state index >= 15 is 0 Å². The predicted molar refractivity (Wildman–Crippen MR) is 148 cm³/mol. The van der Waals surface area contributed by atoms with Gasteiger partial charge >= 0.3 is 0 Å². The van der Waals surface area contributed by atoms with E-state index in [4.69, 9.17) is 25.8 Å². The minimum Gasteiger partial charge on any atom is -0.495 e. The maximum atomic E-state index is 13.2. The van der Waals surface area contributed by atoms with Crippen LogP contribution in [-0.2, 0) is 4.79 Å². The van der Waals surface area contributed by atoms with Crippen LogP contribution in [0.1, 0.15) is 55.0 Å². The van der Waals surface area contributed by atoms with Crippen molar-refractivity contribution < 1.29 is 14.1 Å². The van der Waals surface area contributed by atoms with Gasteiger partial charge in [-0.25, -0.2) is 4.98 Å². The van der Waals surface area contributed by atoms with E-state index in [1.165, 1.54) is 0 Å². The van der Waals surface area contributed by atoms with E-state index in [1.807, 2.05) is 48.7 Å². The smallest absolute Gasteiger partial charge is 0.227 e. The first-order valence-corrected chi connectivity index (χ1v) is 14.2. The fraction of sp³-hybridized carbons (Fsp3) is 0.393. The van der Waals surface area contributed by atoms with Crippen molar-refractivity contribution in [3.63, 3.8) is 0 Å². The number of anilines is 1. The van der Waals surface area contributed by atoms with Crippen LogP contribution in [0.15, 0.2) is 40.9 Å². The summed E-state index contributed by atoms with van der Waals surface area (Å²) in [6.07, 6.45) is 3.36. The van der Waals surface area contributed by atoms with Crippen LogP contribution in [-0.4, -0.2) is 39.2 Å². The Morgan fingerprint density at radius 2 is 1.92 bits per heavy atom. The Morgan fingerprint density at radius 3 is 2.62 bits per heavy atom. The van der Waals surface area contributed by atoms with Crippen LogP contribution in [0, 0.1) is 13.8 Å². The number of carbonyl (C=O) groups excluding carboxylic acids is 1. The van der Waals surface area contributed by atoms with Gasteiger partial charge in [-0.15, -0.1) is 0 Å². The number of amides is 1. The second-order valence-corrected chi connectivity index (χ2v) is 11.4. The summed E-state index contributed by atoms with van der Waals surface area (Å²) in [7, 11) is 1.59. The molecule has 9 heteroatoms. The number of ether oxygens (including phenoxy) is 1. The van der Waals surface area contributed by atoms with Crippen LogP contribution in [0.25, 0.3) is 22.2 Å². The molecule has 1 amide bonds. The van der Waals surface area contributed by atoms with Crippen molar-refractivity contribution in [2.24, 2.45) is 0 Å². The molecular weight excluding hydrogens is 508 g/mol. The molecule has 2 saturated heterocycles.